The number of carbonyl (C=O) groups is 2. The Balaban J connectivity index is 2.32. The van der Waals surface area contributed by atoms with Gasteiger partial charge in [0.15, 0.2) is 0 Å². The van der Waals surface area contributed by atoms with Gasteiger partial charge in [0, 0.05) is 24.6 Å². The Bertz CT molecular complexity index is 743. The first-order valence-electron chi connectivity index (χ1n) is 7.85. The van der Waals surface area contributed by atoms with Crippen LogP contribution >= 0.6 is 0 Å². The predicted molar refractivity (Wildman–Crippen MR) is 92.4 cm³/mol. The predicted octanol–water partition coefficient (Wildman–Crippen LogP) is 2.64. The SMILES string of the molecule is COCCN(CC(=O)O)C(=O)c1cc2ccc(C(C)(C)C)cc2[nH]1. The summed E-state index contributed by atoms with van der Waals surface area (Å²) in [4.78, 5) is 28.0. The lowest BCUT2D eigenvalue weighted by atomic mass is 9.87. The van der Waals surface area contributed by atoms with Crippen LogP contribution in [0, 0.1) is 0 Å². The fourth-order valence-corrected chi connectivity index (χ4v) is 2.50. The van der Waals surface area contributed by atoms with Gasteiger partial charge in [-0.25, -0.2) is 0 Å². The summed E-state index contributed by atoms with van der Waals surface area (Å²) >= 11 is 0. The number of carbonyl (C=O) groups excluding carboxylic acids is 1. The van der Waals surface area contributed by atoms with Crippen LogP contribution in [0.25, 0.3) is 10.9 Å². The van der Waals surface area contributed by atoms with Crippen molar-refractivity contribution < 1.29 is 19.4 Å². The molecule has 1 heterocycles. The summed E-state index contributed by atoms with van der Waals surface area (Å²) in [6.07, 6.45) is 0. The van der Waals surface area contributed by atoms with E-state index < -0.39 is 5.97 Å². The number of amides is 1. The molecule has 0 spiro atoms. The molecule has 24 heavy (non-hydrogen) atoms. The summed E-state index contributed by atoms with van der Waals surface area (Å²) in [5, 5.41) is 9.92. The molecule has 0 aliphatic rings. The Kier molecular flexibility index (Phi) is 5.29. The second kappa shape index (κ2) is 7.05. The van der Waals surface area contributed by atoms with Crippen LogP contribution in [0.15, 0.2) is 24.3 Å². The molecule has 1 aromatic carbocycles. The van der Waals surface area contributed by atoms with Crippen molar-refractivity contribution in [2.75, 3.05) is 26.8 Å². The van der Waals surface area contributed by atoms with E-state index in [0.717, 1.165) is 16.5 Å². The number of hydrogen-bond acceptors (Lipinski definition) is 3. The number of benzene rings is 1. The summed E-state index contributed by atoms with van der Waals surface area (Å²) in [6, 6.07) is 7.80. The number of hydrogen-bond donors (Lipinski definition) is 2. The lowest BCUT2D eigenvalue weighted by molar-refractivity contribution is -0.137. The molecule has 130 valence electrons. The van der Waals surface area contributed by atoms with E-state index >= 15 is 0 Å². The molecule has 0 saturated heterocycles. The van der Waals surface area contributed by atoms with E-state index in [0.29, 0.717) is 5.69 Å². The van der Waals surface area contributed by atoms with Gasteiger partial charge in [-0.05, 0) is 23.1 Å². The Morgan fingerprint density at radius 2 is 1.96 bits per heavy atom. The highest BCUT2D eigenvalue weighted by Crippen LogP contribution is 2.26. The molecule has 0 aliphatic carbocycles. The minimum Gasteiger partial charge on any atom is -0.480 e. The third-order valence-electron chi connectivity index (χ3n) is 3.90. The van der Waals surface area contributed by atoms with Gasteiger partial charge in [-0.3, -0.25) is 9.59 Å². The van der Waals surface area contributed by atoms with Gasteiger partial charge < -0.3 is 19.7 Å². The largest absolute Gasteiger partial charge is 0.480 e. The van der Waals surface area contributed by atoms with E-state index in [9.17, 15) is 9.59 Å². The van der Waals surface area contributed by atoms with Crippen molar-refractivity contribution in [3.05, 3.63) is 35.5 Å². The first-order valence-corrected chi connectivity index (χ1v) is 7.85. The minimum absolute atomic E-state index is 0.0112. The van der Waals surface area contributed by atoms with E-state index in [-0.39, 0.29) is 31.0 Å². The number of aliphatic carboxylic acids is 1. The molecular weight excluding hydrogens is 308 g/mol. The molecule has 0 atom stereocenters. The van der Waals surface area contributed by atoms with Gasteiger partial charge in [0.2, 0.25) is 0 Å². The second-order valence-electron chi connectivity index (χ2n) is 6.85. The van der Waals surface area contributed by atoms with Gasteiger partial charge >= 0.3 is 5.97 Å². The first kappa shape index (κ1) is 18.0. The quantitative estimate of drug-likeness (QED) is 0.852. The number of H-pyrrole nitrogens is 1. The fraction of sp³-hybridized carbons (Fsp3) is 0.444. The zero-order chi connectivity index (χ0) is 17.9. The Morgan fingerprint density at radius 1 is 1.25 bits per heavy atom. The molecule has 0 aliphatic heterocycles. The normalized spacial score (nSPS) is 11.7. The maximum Gasteiger partial charge on any atom is 0.323 e. The molecule has 1 amide bonds. The lowest BCUT2D eigenvalue weighted by Crippen LogP contribution is -2.38. The van der Waals surface area contributed by atoms with Crippen LogP contribution in [-0.4, -0.2) is 53.7 Å². The number of ether oxygens (including phenoxy) is 1. The molecule has 6 nitrogen and oxygen atoms in total. The van der Waals surface area contributed by atoms with Gasteiger partial charge in [0.1, 0.15) is 12.2 Å². The number of aromatic nitrogens is 1. The molecular formula is C18H24N2O4. The standard InChI is InChI=1S/C18H24N2O4/c1-18(2,3)13-6-5-12-9-15(19-14(12)10-13)17(23)20(7-8-24-4)11-16(21)22/h5-6,9-10,19H,7-8,11H2,1-4H3,(H,21,22). The molecule has 1 aromatic heterocycles. The summed E-state index contributed by atoms with van der Waals surface area (Å²) in [6.45, 7) is 6.54. The second-order valence-corrected chi connectivity index (χ2v) is 6.85. The highest BCUT2D eigenvalue weighted by atomic mass is 16.5. The zero-order valence-electron chi connectivity index (χ0n) is 14.5. The van der Waals surface area contributed by atoms with Gasteiger partial charge in [-0.1, -0.05) is 32.9 Å². The van der Waals surface area contributed by atoms with Crippen LogP contribution in [0.1, 0.15) is 36.8 Å². The highest BCUT2D eigenvalue weighted by Gasteiger charge is 2.21. The molecule has 0 bridgehead atoms. The smallest absolute Gasteiger partial charge is 0.323 e. The van der Waals surface area contributed by atoms with E-state index in [1.54, 1.807) is 6.07 Å². The minimum atomic E-state index is -1.05. The van der Waals surface area contributed by atoms with Gasteiger partial charge in [0.25, 0.3) is 5.91 Å². The topological polar surface area (TPSA) is 82.6 Å². The third kappa shape index (κ3) is 4.14. The van der Waals surface area contributed by atoms with E-state index in [4.69, 9.17) is 9.84 Å². The number of rotatable bonds is 6. The summed E-state index contributed by atoms with van der Waals surface area (Å²) in [5.41, 5.74) is 2.43. The van der Waals surface area contributed by atoms with Crippen LogP contribution in [0.4, 0.5) is 0 Å². The molecule has 0 radical (unpaired) electrons. The van der Waals surface area contributed by atoms with Crippen molar-refractivity contribution in [2.24, 2.45) is 0 Å². The number of nitrogens with zero attached hydrogens (tertiary/aromatic N) is 1. The molecule has 0 saturated carbocycles. The summed E-state index contributed by atoms with van der Waals surface area (Å²) in [7, 11) is 1.51. The third-order valence-corrected chi connectivity index (χ3v) is 3.90. The highest BCUT2D eigenvalue weighted by molar-refractivity contribution is 5.99. The van der Waals surface area contributed by atoms with Crippen LogP contribution in [0.3, 0.4) is 0 Å². The molecule has 6 heteroatoms. The number of methoxy groups -OCH3 is 1. The maximum atomic E-state index is 12.6. The van der Waals surface area contributed by atoms with Crippen LogP contribution in [0.5, 0.6) is 0 Å². The average Bonchev–Trinajstić information content (AvgIpc) is 2.92. The number of carboxylic acids is 1. The Hall–Kier alpha value is -2.34. The Labute approximate surface area is 141 Å². The number of carboxylic acid groups (broad SMARTS) is 1. The van der Waals surface area contributed by atoms with E-state index in [1.807, 2.05) is 18.2 Å². The zero-order valence-corrected chi connectivity index (χ0v) is 14.5. The van der Waals surface area contributed by atoms with Gasteiger partial charge in [-0.2, -0.15) is 0 Å². The van der Waals surface area contributed by atoms with Crippen LogP contribution in [-0.2, 0) is 14.9 Å². The first-order chi connectivity index (χ1) is 11.2. The summed E-state index contributed by atoms with van der Waals surface area (Å²) < 4.78 is 4.96. The molecule has 0 unspecified atom stereocenters. The average molecular weight is 332 g/mol. The van der Waals surface area contributed by atoms with Crippen molar-refractivity contribution in [3.8, 4) is 0 Å². The van der Waals surface area contributed by atoms with Crippen molar-refractivity contribution in [1.82, 2.24) is 9.88 Å². The fourth-order valence-electron chi connectivity index (χ4n) is 2.50. The molecule has 2 N–H and O–H groups in total. The lowest BCUT2D eigenvalue weighted by Gasteiger charge is -2.19. The van der Waals surface area contributed by atoms with Crippen LogP contribution in [0.2, 0.25) is 0 Å². The molecule has 0 fully saturated rings. The van der Waals surface area contributed by atoms with E-state index in [2.05, 4.69) is 25.8 Å². The van der Waals surface area contributed by atoms with Crippen molar-refractivity contribution in [2.45, 2.75) is 26.2 Å². The van der Waals surface area contributed by atoms with Crippen molar-refractivity contribution >= 4 is 22.8 Å². The van der Waals surface area contributed by atoms with Crippen molar-refractivity contribution in [3.63, 3.8) is 0 Å². The Morgan fingerprint density at radius 3 is 2.54 bits per heavy atom. The monoisotopic (exact) mass is 332 g/mol. The maximum absolute atomic E-state index is 12.6. The number of aromatic amines is 1. The number of nitrogens with one attached hydrogen (secondary N) is 1. The van der Waals surface area contributed by atoms with Crippen molar-refractivity contribution in [1.29, 1.82) is 0 Å². The van der Waals surface area contributed by atoms with Crippen LogP contribution < -0.4 is 0 Å². The van der Waals surface area contributed by atoms with Gasteiger partial charge in [0.05, 0.1) is 6.61 Å². The summed E-state index contributed by atoms with van der Waals surface area (Å²) in [5.74, 6) is -1.39. The molecule has 2 aromatic rings. The molecule has 2 rings (SSSR count). The van der Waals surface area contributed by atoms with Gasteiger partial charge in [-0.15, -0.1) is 0 Å². The number of fused-ring (bicyclic) bond motifs is 1. The van der Waals surface area contributed by atoms with E-state index in [1.165, 1.54) is 12.0 Å².